The highest BCUT2D eigenvalue weighted by molar-refractivity contribution is 6.45. The minimum absolute atomic E-state index is 0.113. The van der Waals surface area contributed by atoms with E-state index in [1.54, 1.807) is 0 Å². The number of carbonyl (C=O) groups excluding carboxylic acids is 2. The molecule has 4 nitrogen and oxygen atoms in total. The van der Waals surface area contributed by atoms with Crippen LogP contribution >= 0.6 is 23.2 Å². The third-order valence-electron chi connectivity index (χ3n) is 5.64. The summed E-state index contributed by atoms with van der Waals surface area (Å²) < 4.78 is 5.69. The average Bonchev–Trinajstić information content (AvgIpc) is 3.17. The van der Waals surface area contributed by atoms with E-state index < -0.39 is 5.41 Å². The maximum atomic E-state index is 13.1. The summed E-state index contributed by atoms with van der Waals surface area (Å²) in [5.74, 6) is 0.627. The Hall–Kier alpha value is -1.26. The Labute approximate surface area is 158 Å². The molecule has 25 heavy (non-hydrogen) atoms. The van der Waals surface area contributed by atoms with Gasteiger partial charge < -0.3 is 10.5 Å². The van der Waals surface area contributed by atoms with Gasteiger partial charge in [-0.25, -0.2) is 0 Å². The van der Waals surface area contributed by atoms with Crippen molar-refractivity contribution >= 4 is 34.9 Å². The molecule has 1 unspecified atom stereocenters. The minimum atomic E-state index is -0.392. The molecule has 0 bridgehead atoms. The fourth-order valence-electron chi connectivity index (χ4n) is 4.23. The zero-order valence-corrected chi connectivity index (χ0v) is 15.9. The SMILES string of the molecule is CC1(C2CCCC2)Cc2cc(OCCCC(N)=O)c(Cl)c(Cl)c2C1=O. The lowest BCUT2D eigenvalue weighted by Crippen LogP contribution is -2.32. The van der Waals surface area contributed by atoms with E-state index in [2.05, 4.69) is 6.92 Å². The molecule has 0 aromatic heterocycles. The maximum absolute atomic E-state index is 13.1. The van der Waals surface area contributed by atoms with E-state index in [1.165, 1.54) is 12.8 Å². The number of hydrogen-bond acceptors (Lipinski definition) is 3. The monoisotopic (exact) mass is 383 g/mol. The molecule has 0 heterocycles. The predicted molar refractivity (Wildman–Crippen MR) is 98.5 cm³/mol. The molecule has 1 atom stereocenters. The third kappa shape index (κ3) is 3.39. The number of halogens is 2. The van der Waals surface area contributed by atoms with Crippen molar-refractivity contribution in [3.05, 3.63) is 27.2 Å². The molecule has 1 amide bonds. The van der Waals surface area contributed by atoms with Crippen molar-refractivity contribution in [3.63, 3.8) is 0 Å². The molecule has 2 aliphatic carbocycles. The molecule has 0 spiro atoms. The number of primary amides is 1. The molecule has 1 aromatic carbocycles. The van der Waals surface area contributed by atoms with E-state index in [9.17, 15) is 9.59 Å². The van der Waals surface area contributed by atoms with Crippen LogP contribution in [0, 0.1) is 11.3 Å². The normalized spacial score (nSPS) is 23.1. The van der Waals surface area contributed by atoms with Crippen LogP contribution in [0.2, 0.25) is 10.0 Å². The number of nitrogens with two attached hydrogens (primary N) is 1. The van der Waals surface area contributed by atoms with Gasteiger partial charge in [-0.05, 0) is 43.2 Å². The second kappa shape index (κ2) is 7.16. The lowest BCUT2D eigenvalue weighted by Gasteiger charge is -2.29. The van der Waals surface area contributed by atoms with Crippen molar-refractivity contribution in [1.82, 2.24) is 0 Å². The van der Waals surface area contributed by atoms with E-state index in [1.807, 2.05) is 6.07 Å². The first kappa shape index (κ1) is 18.5. The van der Waals surface area contributed by atoms with Crippen LogP contribution in [0.5, 0.6) is 5.75 Å². The third-order valence-corrected chi connectivity index (χ3v) is 6.49. The Morgan fingerprint density at radius 2 is 2.00 bits per heavy atom. The topological polar surface area (TPSA) is 69.4 Å². The number of rotatable bonds is 6. The Morgan fingerprint density at radius 3 is 2.64 bits per heavy atom. The quantitative estimate of drug-likeness (QED) is 0.731. The first-order valence-corrected chi connectivity index (χ1v) is 9.57. The zero-order valence-electron chi connectivity index (χ0n) is 14.4. The van der Waals surface area contributed by atoms with Gasteiger partial charge >= 0.3 is 0 Å². The average molecular weight is 384 g/mol. The number of ketones is 1. The first-order valence-electron chi connectivity index (χ1n) is 8.81. The van der Waals surface area contributed by atoms with Gasteiger partial charge in [0.05, 0.1) is 11.6 Å². The van der Waals surface area contributed by atoms with Crippen molar-refractivity contribution in [1.29, 1.82) is 0 Å². The van der Waals surface area contributed by atoms with Gasteiger partial charge in [-0.1, -0.05) is 43.0 Å². The predicted octanol–water partition coefficient (Wildman–Crippen LogP) is 4.57. The van der Waals surface area contributed by atoms with Gasteiger partial charge in [0, 0.05) is 17.4 Å². The van der Waals surface area contributed by atoms with E-state index in [-0.39, 0.29) is 28.2 Å². The molecule has 2 aliphatic rings. The smallest absolute Gasteiger partial charge is 0.217 e. The van der Waals surface area contributed by atoms with Crippen molar-refractivity contribution < 1.29 is 14.3 Å². The second-order valence-electron chi connectivity index (χ2n) is 7.36. The number of hydrogen-bond donors (Lipinski definition) is 1. The van der Waals surface area contributed by atoms with Gasteiger partial charge in [0.1, 0.15) is 10.8 Å². The van der Waals surface area contributed by atoms with E-state index in [0.29, 0.717) is 36.7 Å². The molecule has 0 saturated heterocycles. The van der Waals surface area contributed by atoms with Crippen LogP contribution < -0.4 is 10.5 Å². The van der Waals surface area contributed by atoms with Gasteiger partial charge in [-0.15, -0.1) is 0 Å². The van der Waals surface area contributed by atoms with E-state index in [0.717, 1.165) is 18.4 Å². The van der Waals surface area contributed by atoms with Crippen LogP contribution in [0.1, 0.15) is 61.4 Å². The molecule has 0 aliphatic heterocycles. The highest BCUT2D eigenvalue weighted by Gasteiger charge is 2.49. The molecule has 0 radical (unpaired) electrons. The molecule has 1 aromatic rings. The van der Waals surface area contributed by atoms with Crippen LogP contribution in [0.15, 0.2) is 6.07 Å². The molecule has 2 N–H and O–H groups in total. The standard InChI is InChI=1S/C19H23Cl2NO3/c1-19(12-5-2-3-6-12)10-11-9-13(25-8-4-7-14(22)23)16(20)17(21)15(11)18(19)24/h9,12H,2-8,10H2,1H3,(H2,22,23). The molecule has 136 valence electrons. The number of Topliss-reactive ketones (excluding diaryl/α,β-unsaturated/α-hetero) is 1. The van der Waals surface area contributed by atoms with Crippen LogP contribution in [0.25, 0.3) is 0 Å². The second-order valence-corrected chi connectivity index (χ2v) is 8.12. The summed E-state index contributed by atoms with van der Waals surface area (Å²) in [5, 5.41) is 0.555. The van der Waals surface area contributed by atoms with Crippen LogP contribution in [-0.2, 0) is 11.2 Å². The summed E-state index contributed by atoms with van der Waals surface area (Å²) in [5.41, 5.74) is 6.21. The number of amides is 1. The van der Waals surface area contributed by atoms with E-state index >= 15 is 0 Å². The molecule has 1 saturated carbocycles. The van der Waals surface area contributed by atoms with Gasteiger partial charge in [-0.3, -0.25) is 9.59 Å². The minimum Gasteiger partial charge on any atom is -0.492 e. The zero-order chi connectivity index (χ0) is 18.2. The fourth-order valence-corrected chi connectivity index (χ4v) is 4.73. The molecular formula is C19H23Cl2NO3. The number of carbonyl (C=O) groups is 2. The summed E-state index contributed by atoms with van der Waals surface area (Å²) in [7, 11) is 0. The van der Waals surface area contributed by atoms with Gasteiger partial charge in [0.25, 0.3) is 0 Å². The Kier molecular flexibility index (Phi) is 5.31. The van der Waals surface area contributed by atoms with Crippen molar-refractivity contribution in [3.8, 4) is 5.75 Å². The molecular weight excluding hydrogens is 361 g/mol. The summed E-state index contributed by atoms with van der Waals surface area (Å²) in [6.45, 7) is 2.38. The summed E-state index contributed by atoms with van der Waals surface area (Å²) in [6.07, 6.45) is 6.02. The Balaban J connectivity index is 1.83. The number of benzene rings is 1. The lowest BCUT2D eigenvalue weighted by molar-refractivity contribution is -0.118. The first-order chi connectivity index (χ1) is 11.8. The van der Waals surface area contributed by atoms with E-state index in [4.69, 9.17) is 33.7 Å². The highest BCUT2D eigenvalue weighted by Crippen LogP contribution is 2.52. The van der Waals surface area contributed by atoms with Crippen molar-refractivity contribution in [2.45, 2.75) is 51.9 Å². The summed E-state index contributed by atoms with van der Waals surface area (Å²) in [4.78, 5) is 23.9. The number of ether oxygens (including phenoxy) is 1. The van der Waals surface area contributed by atoms with Crippen LogP contribution in [0.4, 0.5) is 0 Å². The summed E-state index contributed by atoms with van der Waals surface area (Å²) in [6, 6.07) is 1.84. The molecule has 3 rings (SSSR count). The van der Waals surface area contributed by atoms with Gasteiger partial charge in [-0.2, -0.15) is 0 Å². The van der Waals surface area contributed by atoms with Crippen LogP contribution in [-0.4, -0.2) is 18.3 Å². The molecule has 1 fully saturated rings. The van der Waals surface area contributed by atoms with Gasteiger partial charge in [0.2, 0.25) is 5.91 Å². The van der Waals surface area contributed by atoms with Crippen molar-refractivity contribution in [2.24, 2.45) is 17.1 Å². The Bertz CT molecular complexity index is 713. The number of fused-ring (bicyclic) bond motifs is 1. The summed E-state index contributed by atoms with van der Waals surface area (Å²) >= 11 is 12.8. The molecule has 6 heteroatoms. The van der Waals surface area contributed by atoms with Crippen molar-refractivity contribution in [2.75, 3.05) is 6.61 Å². The Morgan fingerprint density at radius 1 is 1.32 bits per heavy atom. The lowest BCUT2D eigenvalue weighted by atomic mass is 9.73. The largest absolute Gasteiger partial charge is 0.492 e. The van der Waals surface area contributed by atoms with Gasteiger partial charge in [0.15, 0.2) is 5.78 Å². The van der Waals surface area contributed by atoms with Crippen LogP contribution in [0.3, 0.4) is 0 Å². The fraction of sp³-hybridized carbons (Fsp3) is 0.579. The maximum Gasteiger partial charge on any atom is 0.217 e. The highest BCUT2D eigenvalue weighted by atomic mass is 35.5.